The van der Waals surface area contributed by atoms with Crippen LogP contribution in [0.2, 0.25) is 0 Å². The monoisotopic (exact) mass is 125 g/mol. The molecule has 0 radical (unpaired) electrons. The molecule has 0 aromatic carbocycles. The van der Waals surface area contributed by atoms with Crippen molar-refractivity contribution in [1.82, 2.24) is 4.90 Å². The second-order valence-corrected chi connectivity index (χ2v) is 3.29. The minimum atomic E-state index is 0.289. The van der Waals surface area contributed by atoms with Gasteiger partial charge in [0, 0.05) is 18.5 Å². The Hall–Kier alpha value is -0.530. The Balaban J connectivity index is 2.24. The molecule has 0 aliphatic carbocycles. The maximum Gasteiger partial charge on any atom is 0.223 e. The first-order chi connectivity index (χ1) is 4.22. The minimum Gasteiger partial charge on any atom is -0.337 e. The van der Waals surface area contributed by atoms with Crippen molar-refractivity contribution in [2.24, 2.45) is 0 Å². The fourth-order valence-corrected chi connectivity index (χ4v) is 1.80. The Morgan fingerprint density at radius 3 is 2.56 bits per heavy atom. The van der Waals surface area contributed by atoms with Gasteiger partial charge >= 0.3 is 0 Å². The van der Waals surface area contributed by atoms with Gasteiger partial charge in [0.1, 0.15) is 0 Å². The van der Waals surface area contributed by atoms with Gasteiger partial charge in [-0.15, -0.1) is 0 Å². The van der Waals surface area contributed by atoms with Crippen LogP contribution in [0, 0.1) is 0 Å². The zero-order chi connectivity index (χ0) is 6.48. The molecule has 2 saturated heterocycles. The lowest BCUT2D eigenvalue weighted by Crippen LogP contribution is -2.54. The number of nitrogens with zero attached hydrogens (tertiary/aromatic N) is 1. The number of hydrogen-bond donors (Lipinski definition) is 0. The molecular weight excluding hydrogens is 114 g/mol. The summed E-state index contributed by atoms with van der Waals surface area (Å²) in [6.45, 7) is 3.19. The Morgan fingerprint density at radius 1 is 1.56 bits per heavy atom. The zero-order valence-electron chi connectivity index (χ0n) is 5.68. The van der Waals surface area contributed by atoms with Crippen molar-refractivity contribution < 1.29 is 4.79 Å². The number of fused-ring (bicyclic) bond motifs is 1. The van der Waals surface area contributed by atoms with E-state index in [0.29, 0.717) is 5.91 Å². The summed E-state index contributed by atoms with van der Waals surface area (Å²) in [5, 5.41) is 0. The van der Waals surface area contributed by atoms with Gasteiger partial charge in [0.25, 0.3) is 0 Å². The molecule has 2 rings (SSSR count). The molecule has 9 heavy (non-hydrogen) atoms. The third-order valence-corrected chi connectivity index (χ3v) is 2.70. The summed E-state index contributed by atoms with van der Waals surface area (Å²) < 4.78 is 0. The van der Waals surface area contributed by atoms with Gasteiger partial charge in [0.2, 0.25) is 5.91 Å². The molecule has 0 saturated carbocycles. The number of carbonyl (C=O) groups is 1. The van der Waals surface area contributed by atoms with E-state index < -0.39 is 0 Å². The molecule has 1 unspecified atom stereocenters. The molecular formula is C7H11NO. The second kappa shape index (κ2) is 1.31. The molecule has 0 spiro atoms. The molecule has 2 heterocycles. The van der Waals surface area contributed by atoms with Crippen LogP contribution in [0.5, 0.6) is 0 Å². The standard InChI is InChI=1S/C7H11NO/c1-7-3-2-6(9)8(7)5-4-7/h2-5H2,1H3. The van der Waals surface area contributed by atoms with E-state index in [9.17, 15) is 4.79 Å². The number of hydrogen-bond acceptors (Lipinski definition) is 1. The highest BCUT2D eigenvalue weighted by Crippen LogP contribution is 2.40. The number of rotatable bonds is 0. The largest absolute Gasteiger partial charge is 0.337 e. The van der Waals surface area contributed by atoms with Crippen molar-refractivity contribution >= 4 is 5.91 Å². The zero-order valence-corrected chi connectivity index (χ0v) is 5.68. The molecule has 0 aromatic rings. The summed E-state index contributed by atoms with van der Waals surface area (Å²) in [6.07, 6.45) is 3.10. The average Bonchev–Trinajstić information content (AvgIpc) is 1.93. The summed E-state index contributed by atoms with van der Waals surface area (Å²) >= 11 is 0. The Labute approximate surface area is 54.8 Å². The Bertz CT molecular complexity index is 166. The van der Waals surface area contributed by atoms with Crippen LogP contribution in [0.25, 0.3) is 0 Å². The van der Waals surface area contributed by atoms with Crippen molar-refractivity contribution in [3.8, 4) is 0 Å². The van der Waals surface area contributed by atoms with E-state index in [2.05, 4.69) is 6.92 Å². The predicted molar refractivity (Wildman–Crippen MR) is 34.0 cm³/mol. The molecule has 2 nitrogen and oxygen atoms in total. The van der Waals surface area contributed by atoms with Gasteiger partial charge in [0.05, 0.1) is 0 Å². The third kappa shape index (κ3) is 0.485. The van der Waals surface area contributed by atoms with E-state index in [1.807, 2.05) is 4.90 Å². The minimum absolute atomic E-state index is 0.289. The smallest absolute Gasteiger partial charge is 0.223 e. The summed E-state index contributed by atoms with van der Waals surface area (Å²) in [5.74, 6) is 0.365. The maximum atomic E-state index is 11.0. The van der Waals surface area contributed by atoms with Gasteiger partial charge in [-0.05, 0) is 19.8 Å². The highest BCUT2D eigenvalue weighted by Gasteiger charge is 2.47. The molecule has 2 heteroatoms. The molecule has 1 atom stereocenters. The molecule has 50 valence electrons. The van der Waals surface area contributed by atoms with Crippen molar-refractivity contribution in [1.29, 1.82) is 0 Å². The molecule has 0 N–H and O–H groups in total. The van der Waals surface area contributed by atoms with Crippen LogP contribution in [-0.2, 0) is 4.79 Å². The van der Waals surface area contributed by atoms with Crippen LogP contribution in [0.1, 0.15) is 26.2 Å². The van der Waals surface area contributed by atoms with Gasteiger partial charge in [-0.3, -0.25) is 4.79 Å². The second-order valence-electron chi connectivity index (χ2n) is 3.29. The summed E-state index contributed by atoms with van der Waals surface area (Å²) in [6, 6.07) is 0. The van der Waals surface area contributed by atoms with Gasteiger partial charge < -0.3 is 4.90 Å². The van der Waals surface area contributed by atoms with E-state index in [1.165, 1.54) is 6.42 Å². The lowest BCUT2D eigenvalue weighted by Gasteiger charge is -2.45. The van der Waals surface area contributed by atoms with Gasteiger partial charge in [0.15, 0.2) is 0 Å². The normalized spacial score (nSPS) is 40.6. The Morgan fingerprint density at radius 2 is 2.33 bits per heavy atom. The quantitative estimate of drug-likeness (QED) is 0.468. The molecule has 2 fully saturated rings. The van der Waals surface area contributed by atoms with Crippen molar-refractivity contribution in [2.45, 2.75) is 31.7 Å². The number of amides is 1. The number of carbonyl (C=O) groups excluding carboxylic acids is 1. The van der Waals surface area contributed by atoms with E-state index in [-0.39, 0.29) is 5.54 Å². The Kier molecular flexibility index (Phi) is 0.765. The molecule has 1 amide bonds. The first-order valence-corrected chi connectivity index (χ1v) is 3.53. The van der Waals surface area contributed by atoms with Crippen LogP contribution in [0.4, 0.5) is 0 Å². The highest BCUT2D eigenvalue weighted by molar-refractivity contribution is 5.80. The highest BCUT2D eigenvalue weighted by atomic mass is 16.2. The predicted octanol–water partition coefficient (Wildman–Crippen LogP) is 0.771. The summed E-state index contributed by atoms with van der Waals surface area (Å²) in [4.78, 5) is 13.0. The summed E-state index contributed by atoms with van der Waals surface area (Å²) in [5.41, 5.74) is 0.289. The molecule has 0 bridgehead atoms. The third-order valence-electron chi connectivity index (χ3n) is 2.70. The topological polar surface area (TPSA) is 20.3 Å². The van der Waals surface area contributed by atoms with Gasteiger partial charge in [-0.1, -0.05) is 0 Å². The van der Waals surface area contributed by atoms with E-state index in [1.54, 1.807) is 0 Å². The molecule has 0 aromatic heterocycles. The fraction of sp³-hybridized carbons (Fsp3) is 0.857. The van der Waals surface area contributed by atoms with Gasteiger partial charge in [-0.25, -0.2) is 0 Å². The first kappa shape index (κ1) is 5.27. The lowest BCUT2D eigenvalue weighted by atomic mass is 9.88. The van der Waals surface area contributed by atoms with Crippen molar-refractivity contribution in [3.63, 3.8) is 0 Å². The van der Waals surface area contributed by atoms with Crippen molar-refractivity contribution in [3.05, 3.63) is 0 Å². The van der Waals surface area contributed by atoms with E-state index >= 15 is 0 Å². The van der Waals surface area contributed by atoms with Crippen LogP contribution in [0.3, 0.4) is 0 Å². The van der Waals surface area contributed by atoms with Crippen LogP contribution in [0.15, 0.2) is 0 Å². The molecule has 2 aliphatic rings. The van der Waals surface area contributed by atoms with Gasteiger partial charge in [-0.2, -0.15) is 0 Å². The first-order valence-electron chi connectivity index (χ1n) is 3.53. The summed E-state index contributed by atoms with van der Waals surface area (Å²) in [7, 11) is 0. The lowest BCUT2D eigenvalue weighted by molar-refractivity contribution is -0.136. The fourth-order valence-electron chi connectivity index (χ4n) is 1.80. The van der Waals surface area contributed by atoms with Crippen LogP contribution >= 0.6 is 0 Å². The maximum absolute atomic E-state index is 11.0. The van der Waals surface area contributed by atoms with E-state index in [4.69, 9.17) is 0 Å². The van der Waals surface area contributed by atoms with E-state index in [0.717, 1.165) is 19.4 Å². The SMILES string of the molecule is CC12CCC(=O)N1CC2. The van der Waals surface area contributed by atoms with Crippen LogP contribution < -0.4 is 0 Å². The molecule has 2 aliphatic heterocycles. The van der Waals surface area contributed by atoms with Crippen LogP contribution in [-0.4, -0.2) is 22.9 Å². The van der Waals surface area contributed by atoms with Crippen molar-refractivity contribution in [2.75, 3.05) is 6.54 Å². The average molecular weight is 125 g/mol.